The number of unbranched alkanes of at least 4 members (excludes halogenated alkanes) is 2. The van der Waals surface area contributed by atoms with Gasteiger partial charge in [-0.2, -0.15) is 0 Å². The summed E-state index contributed by atoms with van der Waals surface area (Å²) in [4.78, 5) is 7.72. The molecule has 0 aliphatic carbocycles. The summed E-state index contributed by atoms with van der Waals surface area (Å²) in [6.45, 7) is 8.09. The smallest absolute Gasteiger partial charge is 0.140 e. The molecule has 35 heavy (non-hydrogen) atoms. The number of nitrogens with zero attached hydrogens (tertiary/aromatic N) is 3. The van der Waals surface area contributed by atoms with Gasteiger partial charge in [0, 0.05) is 30.8 Å². The quantitative estimate of drug-likeness (QED) is 0.210. The number of benzene rings is 3. The molecule has 0 radical (unpaired) electrons. The minimum absolute atomic E-state index is 0.224. The molecule has 182 valence electrons. The van der Waals surface area contributed by atoms with Crippen LogP contribution in [0.25, 0.3) is 22.6 Å². The minimum atomic E-state index is -0.224. The number of aromatic nitrogens is 2. The van der Waals surface area contributed by atoms with Crippen molar-refractivity contribution in [3.8, 4) is 22.6 Å². The second-order valence-corrected chi connectivity index (χ2v) is 9.16. The van der Waals surface area contributed by atoms with Crippen molar-refractivity contribution in [2.24, 2.45) is 0 Å². The Morgan fingerprint density at radius 1 is 0.743 bits per heavy atom. The summed E-state index contributed by atoms with van der Waals surface area (Å²) in [7, 11) is 0. The Balaban J connectivity index is 1.80. The zero-order chi connectivity index (χ0) is 24.5. The molecule has 0 unspecified atom stereocenters. The maximum absolute atomic E-state index is 13.8. The largest absolute Gasteiger partial charge is 0.326 e. The summed E-state index contributed by atoms with van der Waals surface area (Å²) in [5, 5.41) is 0. The molecule has 0 saturated heterocycles. The van der Waals surface area contributed by atoms with Gasteiger partial charge >= 0.3 is 0 Å². The Morgan fingerprint density at radius 2 is 1.40 bits per heavy atom. The van der Waals surface area contributed by atoms with Crippen molar-refractivity contribution in [2.75, 3.05) is 6.54 Å². The summed E-state index contributed by atoms with van der Waals surface area (Å²) in [6.07, 6.45) is 4.49. The topological polar surface area (TPSA) is 21.1 Å². The van der Waals surface area contributed by atoms with Crippen LogP contribution in [0, 0.1) is 5.82 Å². The van der Waals surface area contributed by atoms with Crippen LogP contribution >= 0.6 is 0 Å². The number of hydrogen-bond donors (Lipinski definition) is 0. The summed E-state index contributed by atoms with van der Waals surface area (Å²) < 4.78 is 16.2. The molecular weight excluding hydrogens is 433 g/mol. The Hall–Kier alpha value is -3.24. The lowest BCUT2D eigenvalue weighted by atomic mass is 10.1. The van der Waals surface area contributed by atoms with Crippen molar-refractivity contribution in [1.29, 1.82) is 0 Å². The maximum Gasteiger partial charge on any atom is 0.140 e. The van der Waals surface area contributed by atoms with Crippen molar-refractivity contribution >= 4 is 0 Å². The number of rotatable bonds is 12. The van der Waals surface area contributed by atoms with E-state index in [0.717, 1.165) is 74.5 Å². The van der Waals surface area contributed by atoms with Crippen LogP contribution in [0.1, 0.15) is 50.8 Å². The molecule has 0 fully saturated rings. The highest BCUT2D eigenvalue weighted by atomic mass is 19.1. The molecule has 0 N–H and O–H groups in total. The van der Waals surface area contributed by atoms with E-state index in [4.69, 9.17) is 4.98 Å². The fraction of sp³-hybridized carbons (Fsp3) is 0.323. The molecule has 0 saturated carbocycles. The van der Waals surface area contributed by atoms with E-state index in [2.05, 4.69) is 77.9 Å². The lowest BCUT2D eigenvalue weighted by Crippen LogP contribution is -2.26. The van der Waals surface area contributed by atoms with E-state index in [0.29, 0.717) is 0 Å². The highest BCUT2D eigenvalue weighted by Gasteiger charge is 2.22. The van der Waals surface area contributed by atoms with Gasteiger partial charge in [0.1, 0.15) is 11.6 Å². The number of halogens is 1. The Labute approximate surface area is 209 Å². The molecule has 1 aromatic heterocycles. The Kier molecular flexibility index (Phi) is 8.85. The highest BCUT2D eigenvalue weighted by Crippen LogP contribution is 2.31. The molecule has 3 aromatic carbocycles. The SMILES string of the molecule is CCCCN(Cc1ccccc1)Cc1c(-c2ccc(F)cc2)nc(-c2ccccc2)n1CCCC. The molecule has 4 heteroatoms. The zero-order valence-corrected chi connectivity index (χ0v) is 21.0. The second kappa shape index (κ2) is 12.5. The standard InChI is InChI=1S/C31H36FN3/c1-3-5-21-34(23-25-13-9-7-10-14-25)24-29-30(26-17-19-28(32)20-18-26)33-31(35(29)22-6-4-2)27-15-11-8-12-16-27/h7-20H,3-6,21-24H2,1-2H3. The van der Waals surface area contributed by atoms with Crippen LogP contribution in [-0.4, -0.2) is 21.0 Å². The summed E-state index contributed by atoms with van der Waals surface area (Å²) in [5.74, 6) is 0.765. The highest BCUT2D eigenvalue weighted by molar-refractivity contribution is 5.68. The van der Waals surface area contributed by atoms with E-state index in [1.807, 2.05) is 18.2 Å². The van der Waals surface area contributed by atoms with Gasteiger partial charge < -0.3 is 4.57 Å². The lowest BCUT2D eigenvalue weighted by molar-refractivity contribution is 0.246. The second-order valence-electron chi connectivity index (χ2n) is 9.16. The van der Waals surface area contributed by atoms with E-state index >= 15 is 0 Å². The normalized spacial score (nSPS) is 11.3. The summed E-state index contributed by atoms with van der Waals surface area (Å²) in [6, 6.07) is 27.9. The van der Waals surface area contributed by atoms with E-state index in [9.17, 15) is 4.39 Å². The van der Waals surface area contributed by atoms with Crippen molar-refractivity contribution in [2.45, 2.75) is 59.2 Å². The van der Waals surface area contributed by atoms with Gasteiger partial charge in [-0.15, -0.1) is 0 Å². The predicted octanol–water partition coefficient (Wildman–Crippen LogP) is 7.96. The van der Waals surface area contributed by atoms with Gasteiger partial charge in [0.25, 0.3) is 0 Å². The third-order valence-electron chi connectivity index (χ3n) is 6.41. The lowest BCUT2D eigenvalue weighted by Gasteiger charge is -2.24. The van der Waals surface area contributed by atoms with Gasteiger partial charge in [-0.1, -0.05) is 87.4 Å². The first-order chi connectivity index (χ1) is 17.2. The van der Waals surface area contributed by atoms with E-state index in [1.165, 1.54) is 23.4 Å². The summed E-state index contributed by atoms with van der Waals surface area (Å²) >= 11 is 0. The van der Waals surface area contributed by atoms with Crippen LogP contribution in [-0.2, 0) is 19.6 Å². The first-order valence-electron chi connectivity index (χ1n) is 12.9. The van der Waals surface area contributed by atoms with Crippen molar-refractivity contribution in [3.05, 3.63) is 102 Å². The van der Waals surface area contributed by atoms with Gasteiger partial charge in [-0.25, -0.2) is 9.37 Å². The Morgan fingerprint density at radius 3 is 2.06 bits per heavy atom. The van der Waals surface area contributed by atoms with Crippen LogP contribution in [0.2, 0.25) is 0 Å². The minimum Gasteiger partial charge on any atom is -0.326 e. The molecule has 0 aliphatic rings. The van der Waals surface area contributed by atoms with E-state index in [1.54, 1.807) is 0 Å². The first kappa shape index (κ1) is 24.9. The maximum atomic E-state index is 13.8. The Bertz CT molecular complexity index is 1170. The van der Waals surface area contributed by atoms with Crippen molar-refractivity contribution in [3.63, 3.8) is 0 Å². The molecule has 0 amide bonds. The molecule has 4 aromatic rings. The average Bonchev–Trinajstić information content (AvgIpc) is 3.25. The van der Waals surface area contributed by atoms with E-state index < -0.39 is 0 Å². The van der Waals surface area contributed by atoms with Crippen LogP contribution in [0.3, 0.4) is 0 Å². The summed E-state index contributed by atoms with van der Waals surface area (Å²) in [5.41, 5.74) is 5.55. The molecule has 1 heterocycles. The van der Waals surface area contributed by atoms with Gasteiger partial charge in [-0.05, 0) is 49.2 Å². The molecule has 3 nitrogen and oxygen atoms in total. The third kappa shape index (κ3) is 6.46. The monoisotopic (exact) mass is 469 g/mol. The predicted molar refractivity (Wildman–Crippen MR) is 143 cm³/mol. The molecule has 0 spiro atoms. The van der Waals surface area contributed by atoms with E-state index in [-0.39, 0.29) is 5.82 Å². The fourth-order valence-electron chi connectivity index (χ4n) is 4.50. The fourth-order valence-corrected chi connectivity index (χ4v) is 4.50. The van der Waals surface area contributed by atoms with Gasteiger partial charge in [0.15, 0.2) is 0 Å². The van der Waals surface area contributed by atoms with Crippen LogP contribution in [0.15, 0.2) is 84.9 Å². The first-order valence-corrected chi connectivity index (χ1v) is 12.9. The number of imidazole rings is 1. The molecular formula is C31H36FN3. The van der Waals surface area contributed by atoms with Crippen LogP contribution < -0.4 is 0 Å². The number of hydrogen-bond acceptors (Lipinski definition) is 2. The van der Waals surface area contributed by atoms with Crippen LogP contribution in [0.5, 0.6) is 0 Å². The zero-order valence-electron chi connectivity index (χ0n) is 21.0. The van der Waals surface area contributed by atoms with Crippen molar-refractivity contribution in [1.82, 2.24) is 14.5 Å². The molecule has 0 bridgehead atoms. The van der Waals surface area contributed by atoms with Gasteiger partial charge in [-0.3, -0.25) is 4.90 Å². The van der Waals surface area contributed by atoms with Crippen LogP contribution in [0.4, 0.5) is 4.39 Å². The third-order valence-corrected chi connectivity index (χ3v) is 6.41. The van der Waals surface area contributed by atoms with Gasteiger partial charge in [0.05, 0.1) is 11.4 Å². The molecule has 0 atom stereocenters. The molecule has 0 aliphatic heterocycles. The average molecular weight is 470 g/mol. The van der Waals surface area contributed by atoms with Crippen molar-refractivity contribution < 1.29 is 4.39 Å². The molecule has 4 rings (SSSR count). The van der Waals surface area contributed by atoms with Gasteiger partial charge in [0.2, 0.25) is 0 Å².